The highest BCUT2D eigenvalue weighted by Gasteiger charge is 2.27. The van der Waals surface area contributed by atoms with Gasteiger partial charge in [0.05, 0.1) is 0 Å². The second-order valence-electron chi connectivity index (χ2n) is 5.59. The van der Waals surface area contributed by atoms with Gasteiger partial charge in [-0.25, -0.2) is 4.98 Å². The molecule has 8 heteroatoms. The first-order valence-corrected chi connectivity index (χ1v) is 7.54. The van der Waals surface area contributed by atoms with Gasteiger partial charge in [-0.3, -0.25) is 0 Å². The highest BCUT2D eigenvalue weighted by atomic mass is 35.5. The molecule has 1 aliphatic carbocycles. The minimum absolute atomic E-state index is 0.148. The minimum Gasteiger partial charge on any atom is -0.351 e. The summed E-state index contributed by atoms with van der Waals surface area (Å²) in [4.78, 5) is 16.5. The highest BCUT2D eigenvalue weighted by Crippen LogP contribution is 2.31. The third-order valence-corrected chi connectivity index (χ3v) is 4.41. The van der Waals surface area contributed by atoms with E-state index in [4.69, 9.17) is 11.6 Å². The lowest BCUT2D eigenvalue weighted by Gasteiger charge is -2.34. The maximum atomic E-state index is 5.99. The Labute approximate surface area is 128 Å². The lowest BCUT2D eigenvalue weighted by Crippen LogP contribution is -2.35. The molecule has 0 radical (unpaired) electrons. The molecule has 3 atom stereocenters. The molecule has 0 amide bonds. The van der Waals surface area contributed by atoms with Crippen LogP contribution in [0.25, 0.3) is 5.95 Å². The first-order valence-electron chi connectivity index (χ1n) is 7.16. The van der Waals surface area contributed by atoms with Crippen molar-refractivity contribution in [2.24, 2.45) is 11.8 Å². The van der Waals surface area contributed by atoms with E-state index in [1.54, 1.807) is 0 Å². The van der Waals surface area contributed by atoms with E-state index >= 15 is 0 Å². The number of hydrogen-bond donors (Lipinski definition) is 1. The molecule has 3 unspecified atom stereocenters. The van der Waals surface area contributed by atoms with Gasteiger partial charge in [-0.2, -0.15) is 24.7 Å². The maximum absolute atomic E-state index is 5.99. The SMILES string of the molecule is CC1CCCC(Nc2nc(Cl)nc(-n3cncn3)n2)C1C. The second kappa shape index (κ2) is 5.93. The van der Waals surface area contributed by atoms with Gasteiger partial charge in [-0.15, -0.1) is 0 Å². The molecule has 0 aromatic carbocycles. The summed E-state index contributed by atoms with van der Waals surface area (Å²) in [5.41, 5.74) is 0. The van der Waals surface area contributed by atoms with Crippen LogP contribution >= 0.6 is 11.6 Å². The van der Waals surface area contributed by atoms with E-state index in [0.717, 1.165) is 6.42 Å². The molecule has 21 heavy (non-hydrogen) atoms. The van der Waals surface area contributed by atoms with Crippen molar-refractivity contribution in [3.8, 4) is 5.95 Å². The van der Waals surface area contributed by atoms with E-state index in [1.165, 1.54) is 30.2 Å². The topological polar surface area (TPSA) is 81.4 Å². The Kier molecular flexibility index (Phi) is 4.01. The van der Waals surface area contributed by atoms with Crippen molar-refractivity contribution in [3.63, 3.8) is 0 Å². The summed E-state index contributed by atoms with van der Waals surface area (Å²) in [6, 6.07) is 0.357. The molecule has 0 bridgehead atoms. The van der Waals surface area contributed by atoms with Crippen LogP contribution in [0.5, 0.6) is 0 Å². The van der Waals surface area contributed by atoms with Crippen molar-refractivity contribution < 1.29 is 0 Å². The van der Waals surface area contributed by atoms with Gasteiger partial charge in [-0.1, -0.05) is 26.7 Å². The van der Waals surface area contributed by atoms with E-state index in [2.05, 4.69) is 44.2 Å². The number of nitrogens with zero attached hydrogens (tertiary/aromatic N) is 6. The Hall–Kier alpha value is -1.76. The summed E-state index contributed by atoms with van der Waals surface area (Å²) < 4.78 is 1.46. The lowest BCUT2D eigenvalue weighted by atomic mass is 9.78. The van der Waals surface area contributed by atoms with Gasteiger partial charge in [0.25, 0.3) is 5.95 Å². The molecule has 3 rings (SSSR count). The van der Waals surface area contributed by atoms with Crippen molar-refractivity contribution >= 4 is 17.5 Å². The molecule has 7 nitrogen and oxygen atoms in total. The Morgan fingerprint density at radius 3 is 2.86 bits per heavy atom. The smallest absolute Gasteiger partial charge is 0.258 e. The van der Waals surface area contributed by atoms with Crippen LogP contribution in [-0.2, 0) is 0 Å². The van der Waals surface area contributed by atoms with E-state index in [1.807, 2.05) is 0 Å². The quantitative estimate of drug-likeness (QED) is 0.937. The van der Waals surface area contributed by atoms with E-state index in [-0.39, 0.29) is 5.28 Å². The fraction of sp³-hybridized carbons (Fsp3) is 0.615. The fourth-order valence-corrected chi connectivity index (χ4v) is 2.93. The van der Waals surface area contributed by atoms with Gasteiger partial charge in [0, 0.05) is 6.04 Å². The zero-order valence-corrected chi connectivity index (χ0v) is 12.8. The molecule has 0 aliphatic heterocycles. The molecule has 1 fully saturated rings. The third kappa shape index (κ3) is 3.12. The standard InChI is InChI=1S/C13H18ClN7/c1-8-4-3-5-10(9(8)2)17-12-18-11(14)19-13(20-12)21-7-15-6-16-21/h6-10H,3-5H2,1-2H3,(H,17,18,19,20). The lowest BCUT2D eigenvalue weighted by molar-refractivity contribution is 0.252. The van der Waals surface area contributed by atoms with E-state index in [9.17, 15) is 0 Å². The summed E-state index contributed by atoms with van der Waals surface area (Å²) in [5, 5.41) is 7.55. The molecule has 2 heterocycles. The summed E-state index contributed by atoms with van der Waals surface area (Å²) in [6.07, 6.45) is 6.57. The first kappa shape index (κ1) is 14.2. The summed E-state index contributed by atoms with van der Waals surface area (Å²) >= 11 is 5.99. The number of hydrogen-bond acceptors (Lipinski definition) is 6. The Bertz CT molecular complexity index is 601. The van der Waals surface area contributed by atoms with Gasteiger partial charge in [0.2, 0.25) is 11.2 Å². The maximum Gasteiger partial charge on any atom is 0.258 e. The average Bonchev–Trinajstić information content (AvgIpc) is 2.97. The molecule has 1 N–H and O–H groups in total. The third-order valence-electron chi connectivity index (χ3n) is 4.24. The number of rotatable bonds is 3. The molecule has 1 saturated carbocycles. The van der Waals surface area contributed by atoms with Gasteiger partial charge in [0.15, 0.2) is 0 Å². The van der Waals surface area contributed by atoms with Crippen LogP contribution < -0.4 is 5.32 Å². The van der Waals surface area contributed by atoms with Crippen LogP contribution in [0.4, 0.5) is 5.95 Å². The minimum atomic E-state index is 0.148. The largest absolute Gasteiger partial charge is 0.351 e. The Morgan fingerprint density at radius 1 is 1.24 bits per heavy atom. The van der Waals surface area contributed by atoms with Gasteiger partial charge >= 0.3 is 0 Å². The first-order chi connectivity index (χ1) is 10.1. The van der Waals surface area contributed by atoms with Crippen LogP contribution in [0.2, 0.25) is 5.28 Å². The van der Waals surface area contributed by atoms with Gasteiger partial charge in [-0.05, 0) is 29.9 Å². The van der Waals surface area contributed by atoms with Crippen molar-refractivity contribution in [3.05, 3.63) is 17.9 Å². The van der Waals surface area contributed by atoms with Crippen LogP contribution in [0.1, 0.15) is 33.1 Å². The molecular formula is C13H18ClN7. The number of halogens is 1. The van der Waals surface area contributed by atoms with E-state index < -0.39 is 0 Å². The zero-order chi connectivity index (χ0) is 14.8. The van der Waals surface area contributed by atoms with Crippen molar-refractivity contribution in [1.82, 2.24) is 29.7 Å². The molecule has 0 saturated heterocycles. The average molecular weight is 308 g/mol. The summed E-state index contributed by atoms with van der Waals surface area (Å²) in [7, 11) is 0. The highest BCUT2D eigenvalue weighted by molar-refractivity contribution is 6.28. The van der Waals surface area contributed by atoms with E-state index in [0.29, 0.717) is 29.8 Å². The Morgan fingerprint density at radius 2 is 2.10 bits per heavy atom. The number of nitrogens with one attached hydrogen (secondary N) is 1. The van der Waals surface area contributed by atoms with Crippen LogP contribution in [0.3, 0.4) is 0 Å². The normalized spacial score (nSPS) is 25.8. The zero-order valence-electron chi connectivity index (χ0n) is 12.1. The van der Waals surface area contributed by atoms with Crippen molar-refractivity contribution in [2.75, 3.05) is 5.32 Å². The molecule has 112 valence electrons. The molecule has 1 aliphatic rings. The monoisotopic (exact) mass is 307 g/mol. The van der Waals surface area contributed by atoms with Crippen LogP contribution in [-0.4, -0.2) is 35.8 Å². The number of aromatic nitrogens is 6. The predicted molar refractivity (Wildman–Crippen MR) is 79.3 cm³/mol. The van der Waals surface area contributed by atoms with Crippen molar-refractivity contribution in [2.45, 2.75) is 39.2 Å². The Balaban J connectivity index is 1.82. The predicted octanol–water partition coefficient (Wildman–Crippen LogP) is 2.34. The van der Waals surface area contributed by atoms with Crippen LogP contribution in [0.15, 0.2) is 12.7 Å². The molecule has 2 aromatic heterocycles. The van der Waals surface area contributed by atoms with Crippen LogP contribution in [0, 0.1) is 11.8 Å². The summed E-state index contributed by atoms with van der Waals surface area (Å²) in [6.45, 7) is 4.56. The fourth-order valence-electron chi connectivity index (χ4n) is 2.77. The molecule has 2 aromatic rings. The second-order valence-corrected chi connectivity index (χ2v) is 5.92. The molecular weight excluding hydrogens is 290 g/mol. The molecule has 0 spiro atoms. The number of anilines is 1. The van der Waals surface area contributed by atoms with Crippen molar-refractivity contribution in [1.29, 1.82) is 0 Å². The summed E-state index contributed by atoms with van der Waals surface area (Å²) in [5.74, 6) is 2.13. The van der Waals surface area contributed by atoms with Gasteiger partial charge in [0.1, 0.15) is 12.7 Å². The van der Waals surface area contributed by atoms with Gasteiger partial charge < -0.3 is 5.32 Å².